The molecule has 0 radical (unpaired) electrons. The molecule has 9 aromatic rings. The van der Waals surface area contributed by atoms with Crippen molar-refractivity contribution in [3.63, 3.8) is 0 Å². The van der Waals surface area contributed by atoms with Gasteiger partial charge in [-0.05, 0) is 48.0 Å². The van der Waals surface area contributed by atoms with Crippen molar-refractivity contribution >= 4 is 43.4 Å². The summed E-state index contributed by atoms with van der Waals surface area (Å²) >= 11 is 1.72. The molecule has 0 aliphatic heterocycles. The van der Waals surface area contributed by atoms with Gasteiger partial charge >= 0.3 is 0 Å². The first-order valence-corrected chi connectivity index (χ1v) is 17.4. The zero-order valence-electron chi connectivity index (χ0n) is 27.1. The minimum absolute atomic E-state index is 0.260. The summed E-state index contributed by atoms with van der Waals surface area (Å²) in [7, 11) is 0. The first kappa shape index (κ1) is 28.1. The molecule has 0 saturated carbocycles. The predicted octanol–water partition coefficient (Wildman–Crippen LogP) is 11.5. The second-order valence-corrected chi connectivity index (χ2v) is 14.3. The normalized spacial score (nSPS) is 13.3. The van der Waals surface area contributed by atoms with Crippen LogP contribution >= 0.6 is 11.3 Å². The number of nitrogens with zero attached hydrogens (tertiary/aromatic N) is 4. The number of rotatable bonds is 4. The molecule has 0 amide bonds. The lowest BCUT2D eigenvalue weighted by Gasteiger charge is -2.24. The van der Waals surface area contributed by atoms with E-state index in [1.807, 2.05) is 6.07 Å². The molecule has 0 spiro atoms. The molecule has 1 aliphatic carbocycles. The van der Waals surface area contributed by atoms with Crippen molar-refractivity contribution < 1.29 is 0 Å². The van der Waals surface area contributed by atoms with E-state index in [1.165, 1.54) is 43.2 Å². The Morgan fingerprint density at radius 1 is 0.551 bits per heavy atom. The van der Waals surface area contributed by atoms with E-state index in [4.69, 9.17) is 15.0 Å². The molecular weight excluding hydrogens is 617 g/mol. The van der Waals surface area contributed by atoms with Crippen LogP contribution in [0.15, 0.2) is 146 Å². The van der Waals surface area contributed by atoms with Gasteiger partial charge in [0.05, 0.1) is 32.6 Å². The number of thiazole rings is 1. The Morgan fingerprint density at radius 2 is 1.22 bits per heavy atom. The van der Waals surface area contributed by atoms with E-state index in [9.17, 15) is 0 Å². The molecular formula is C44H30N4S. The zero-order valence-corrected chi connectivity index (χ0v) is 27.9. The van der Waals surface area contributed by atoms with Crippen molar-refractivity contribution in [2.24, 2.45) is 0 Å². The number of para-hydroxylation sites is 3. The lowest BCUT2D eigenvalue weighted by atomic mass is 9.80. The third-order valence-electron chi connectivity index (χ3n) is 10.0. The van der Waals surface area contributed by atoms with Crippen LogP contribution in [-0.4, -0.2) is 19.5 Å². The van der Waals surface area contributed by atoms with Crippen LogP contribution in [0.25, 0.3) is 82.2 Å². The number of benzene rings is 6. The van der Waals surface area contributed by atoms with Crippen LogP contribution in [0.4, 0.5) is 0 Å². The highest BCUT2D eigenvalue weighted by Gasteiger charge is 2.40. The minimum atomic E-state index is -0.260. The second kappa shape index (κ2) is 10.5. The largest absolute Gasteiger partial charge is 0.309 e. The standard InChI is InChI=1S/C44H30N4S/c1-44(2)34-16-8-6-15-32(34)41-39(44)40(46-42(47-41)27-20-22-28(23-21-27)43-45-35-17-9-11-19-38(35)49-43)29-24-25-37-33(26-29)31-14-7-10-18-36(31)48(37)30-12-4-3-5-13-30/h3-26H,1-2H3. The summed E-state index contributed by atoms with van der Waals surface area (Å²) in [6.45, 7) is 4.60. The molecule has 1 aliphatic rings. The van der Waals surface area contributed by atoms with Crippen LogP contribution in [0.2, 0.25) is 0 Å². The molecule has 232 valence electrons. The highest BCUT2D eigenvalue weighted by Crippen LogP contribution is 2.51. The topological polar surface area (TPSA) is 43.6 Å². The maximum atomic E-state index is 5.42. The van der Waals surface area contributed by atoms with Gasteiger partial charge in [-0.2, -0.15) is 0 Å². The highest BCUT2D eigenvalue weighted by atomic mass is 32.1. The fourth-order valence-electron chi connectivity index (χ4n) is 7.69. The van der Waals surface area contributed by atoms with Crippen LogP contribution in [0.5, 0.6) is 0 Å². The summed E-state index contributed by atoms with van der Waals surface area (Å²) < 4.78 is 3.55. The molecule has 0 fully saturated rings. The summed E-state index contributed by atoms with van der Waals surface area (Å²) in [5.74, 6) is 0.726. The van der Waals surface area contributed by atoms with Gasteiger partial charge in [0.25, 0.3) is 0 Å². The summed E-state index contributed by atoms with van der Waals surface area (Å²) in [5.41, 5.74) is 13.1. The summed E-state index contributed by atoms with van der Waals surface area (Å²) in [6.07, 6.45) is 0. The lowest BCUT2D eigenvalue weighted by Crippen LogP contribution is -2.17. The van der Waals surface area contributed by atoms with Gasteiger partial charge < -0.3 is 4.57 Å². The Labute approximate surface area is 288 Å². The van der Waals surface area contributed by atoms with Crippen LogP contribution in [0.3, 0.4) is 0 Å². The van der Waals surface area contributed by atoms with Crippen molar-refractivity contribution in [3.8, 4) is 50.2 Å². The maximum Gasteiger partial charge on any atom is 0.160 e. The third kappa shape index (κ3) is 4.25. The average Bonchev–Trinajstić information content (AvgIpc) is 3.80. The van der Waals surface area contributed by atoms with Crippen molar-refractivity contribution in [1.82, 2.24) is 19.5 Å². The molecule has 3 heterocycles. The first-order chi connectivity index (χ1) is 24.0. The van der Waals surface area contributed by atoms with Crippen LogP contribution in [0.1, 0.15) is 25.0 Å². The molecule has 0 N–H and O–H groups in total. The lowest BCUT2D eigenvalue weighted by molar-refractivity contribution is 0.658. The molecule has 0 bridgehead atoms. The molecule has 10 rings (SSSR count). The highest BCUT2D eigenvalue weighted by molar-refractivity contribution is 7.21. The Balaban J connectivity index is 1.18. The predicted molar refractivity (Wildman–Crippen MR) is 203 cm³/mol. The fourth-order valence-corrected chi connectivity index (χ4v) is 8.66. The van der Waals surface area contributed by atoms with E-state index in [-0.39, 0.29) is 5.41 Å². The summed E-state index contributed by atoms with van der Waals surface area (Å²) in [5, 5.41) is 3.45. The smallest absolute Gasteiger partial charge is 0.160 e. The molecule has 6 aromatic carbocycles. The Hall–Kier alpha value is -5.91. The van der Waals surface area contributed by atoms with E-state index in [0.29, 0.717) is 0 Å². The van der Waals surface area contributed by atoms with Gasteiger partial charge in [0, 0.05) is 49.7 Å². The fraction of sp³-hybridized carbons (Fsp3) is 0.0682. The molecule has 0 atom stereocenters. The molecule has 49 heavy (non-hydrogen) atoms. The SMILES string of the molecule is CC1(C)c2ccccc2-c2nc(-c3ccc(-c4nc5ccccc5s4)cc3)nc(-c3ccc4c(c3)c3ccccc3n4-c3ccccc3)c21. The van der Waals surface area contributed by atoms with Crippen LogP contribution < -0.4 is 0 Å². The monoisotopic (exact) mass is 646 g/mol. The minimum Gasteiger partial charge on any atom is -0.309 e. The van der Waals surface area contributed by atoms with Gasteiger partial charge in [0.15, 0.2) is 5.82 Å². The van der Waals surface area contributed by atoms with Crippen LogP contribution in [-0.2, 0) is 5.41 Å². The number of aromatic nitrogens is 4. The Morgan fingerprint density at radius 3 is 2.08 bits per heavy atom. The van der Waals surface area contributed by atoms with E-state index >= 15 is 0 Å². The van der Waals surface area contributed by atoms with E-state index in [0.717, 1.165) is 50.1 Å². The molecule has 3 aromatic heterocycles. The molecule has 5 heteroatoms. The third-order valence-corrected chi connectivity index (χ3v) is 11.1. The molecule has 4 nitrogen and oxygen atoms in total. The number of hydrogen-bond acceptors (Lipinski definition) is 4. The van der Waals surface area contributed by atoms with Crippen molar-refractivity contribution in [2.75, 3.05) is 0 Å². The Bertz CT molecular complexity index is 2700. The summed E-state index contributed by atoms with van der Waals surface area (Å²) in [6, 6.07) is 51.7. The van der Waals surface area contributed by atoms with E-state index < -0.39 is 0 Å². The average molecular weight is 647 g/mol. The number of hydrogen-bond donors (Lipinski definition) is 0. The molecule has 0 saturated heterocycles. The Kier molecular flexibility index (Phi) is 6.05. The van der Waals surface area contributed by atoms with Crippen LogP contribution in [0, 0.1) is 0 Å². The maximum absolute atomic E-state index is 5.42. The molecule has 0 unspecified atom stereocenters. The van der Waals surface area contributed by atoms with E-state index in [1.54, 1.807) is 11.3 Å². The van der Waals surface area contributed by atoms with Crippen molar-refractivity contribution in [3.05, 3.63) is 157 Å². The van der Waals surface area contributed by atoms with Gasteiger partial charge in [-0.3, -0.25) is 0 Å². The van der Waals surface area contributed by atoms with E-state index in [2.05, 4.69) is 158 Å². The van der Waals surface area contributed by atoms with Gasteiger partial charge in [0.1, 0.15) is 5.01 Å². The van der Waals surface area contributed by atoms with Gasteiger partial charge in [0.2, 0.25) is 0 Å². The van der Waals surface area contributed by atoms with Crippen molar-refractivity contribution in [1.29, 1.82) is 0 Å². The number of fused-ring (bicyclic) bond motifs is 7. The first-order valence-electron chi connectivity index (χ1n) is 16.6. The second-order valence-electron chi connectivity index (χ2n) is 13.3. The zero-order chi connectivity index (χ0) is 32.7. The van der Waals surface area contributed by atoms with Gasteiger partial charge in [-0.1, -0.05) is 117 Å². The van der Waals surface area contributed by atoms with Gasteiger partial charge in [-0.15, -0.1) is 11.3 Å². The van der Waals surface area contributed by atoms with Gasteiger partial charge in [-0.25, -0.2) is 15.0 Å². The van der Waals surface area contributed by atoms with Crippen molar-refractivity contribution in [2.45, 2.75) is 19.3 Å². The summed E-state index contributed by atoms with van der Waals surface area (Å²) in [4.78, 5) is 15.6. The quantitative estimate of drug-likeness (QED) is 0.191.